The van der Waals surface area contributed by atoms with E-state index >= 15 is 0 Å². The van der Waals surface area contributed by atoms with Crippen LogP contribution in [0.5, 0.6) is 0 Å². The molecule has 1 aliphatic heterocycles. The van der Waals surface area contributed by atoms with Crippen molar-refractivity contribution in [3.8, 4) is 0 Å². The Labute approximate surface area is 105 Å². The number of methoxy groups -OCH3 is 1. The molecule has 1 heterocycles. The molecule has 0 amide bonds. The number of carbonyl (C=O) groups excluding carboxylic acids is 1. The fraction of sp³-hybridized carbons (Fsp3) is 0.364. The van der Waals surface area contributed by atoms with Crippen molar-refractivity contribution in [3.05, 3.63) is 35.9 Å². The maximum atomic E-state index is 11.4. The van der Waals surface area contributed by atoms with Gasteiger partial charge in [0.05, 0.1) is 7.11 Å². The van der Waals surface area contributed by atoms with E-state index in [1.807, 2.05) is 30.3 Å². The van der Waals surface area contributed by atoms with Gasteiger partial charge in [0, 0.05) is 6.42 Å². The molecule has 1 aromatic rings. The molecule has 0 spiro atoms. The highest BCUT2D eigenvalue weighted by Crippen LogP contribution is 2.24. The van der Waals surface area contributed by atoms with Crippen LogP contribution in [-0.4, -0.2) is 33.7 Å². The number of esters is 1. The third-order valence-corrected chi connectivity index (χ3v) is 3.44. The smallest absolute Gasteiger partial charge is 0.401 e. The van der Waals surface area contributed by atoms with Crippen molar-refractivity contribution in [3.63, 3.8) is 0 Å². The Kier molecular flexibility index (Phi) is 3.65. The summed E-state index contributed by atoms with van der Waals surface area (Å²) in [5, 5.41) is 0. The Bertz CT molecular complexity index is 524. The van der Waals surface area contributed by atoms with E-state index in [2.05, 4.69) is 8.92 Å². The van der Waals surface area contributed by atoms with E-state index < -0.39 is 28.6 Å². The summed E-state index contributed by atoms with van der Waals surface area (Å²) in [7, 11) is -2.96. The topological polar surface area (TPSA) is 78.9 Å². The lowest BCUT2D eigenvalue weighted by atomic mass is 10.0. The zero-order valence-corrected chi connectivity index (χ0v) is 10.4. The summed E-state index contributed by atoms with van der Waals surface area (Å²) in [4.78, 5) is 11.4. The van der Waals surface area contributed by atoms with Gasteiger partial charge in [-0.15, -0.1) is 0 Å². The van der Waals surface area contributed by atoms with Gasteiger partial charge in [-0.05, 0) is 5.56 Å². The van der Waals surface area contributed by atoms with E-state index in [-0.39, 0.29) is 6.42 Å². The molecule has 18 heavy (non-hydrogen) atoms. The van der Waals surface area contributed by atoms with Crippen molar-refractivity contribution < 1.29 is 26.3 Å². The second-order valence-corrected chi connectivity index (χ2v) is 4.97. The minimum absolute atomic E-state index is 0.250. The molecule has 0 saturated carbocycles. The fourth-order valence-electron chi connectivity index (χ4n) is 1.71. The van der Waals surface area contributed by atoms with Gasteiger partial charge in [0.15, 0.2) is 0 Å². The van der Waals surface area contributed by atoms with Crippen molar-refractivity contribution in [2.24, 2.45) is 0 Å². The molecule has 0 bridgehead atoms. The molecule has 1 aromatic carbocycles. The summed E-state index contributed by atoms with van der Waals surface area (Å²) in [5.41, 5.74) is 0.845. The van der Waals surface area contributed by atoms with Crippen LogP contribution in [0.25, 0.3) is 0 Å². The lowest BCUT2D eigenvalue weighted by molar-refractivity contribution is -0.149. The van der Waals surface area contributed by atoms with Crippen LogP contribution < -0.4 is 0 Å². The molecule has 6 nitrogen and oxygen atoms in total. The number of hydrogen-bond donors (Lipinski definition) is 0. The highest BCUT2D eigenvalue weighted by Gasteiger charge is 2.45. The second kappa shape index (κ2) is 5.05. The van der Waals surface area contributed by atoms with Crippen LogP contribution in [0.15, 0.2) is 30.3 Å². The van der Waals surface area contributed by atoms with Gasteiger partial charge >= 0.3 is 16.4 Å². The molecule has 2 unspecified atom stereocenters. The van der Waals surface area contributed by atoms with Crippen LogP contribution in [-0.2, 0) is 34.7 Å². The average molecular weight is 272 g/mol. The molecule has 98 valence electrons. The van der Waals surface area contributed by atoms with Gasteiger partial charge < -0.3 is 4.74 Å². The molecule has 1 aliphatic rings. The zero-order chi connectivity index (χ0) is 13.2. The monoisotopic (exact) mass is 272 g/mol. The average Bonchev–Trinajstić information content (AvgIpc) is 2.65. The molecule has 0 N–H and O–H groups in total. The highest BCUT2D eigenvalue weighted by molar-refractivity contribution is 7.82. The molecule has 1 fully saturated rings. The lowest BCUT2D eigenvalue weighted by Gasteiger charge is -2.12. The Morgan fingerprint density at radius 3 is 2.56 bits per heavy atom. The first-order valence-corrected chi connectivity index (χ1v) is 6.58. The SMILES string of the molecule is COC(=O)C1OS(=O)(=O)OC1Cc1ccccc1. The highest BCUT2D eigenvalue weighted by atomic mass is 32.3. The summed E-state index contributed by atoms with van der Waals surface area (Å²) in [6.07, 6.45) is -1.90. The van der Waals surface area contributed by atoms with Crippen molar-refractivity contribution in [2.45, 2.75) is 18.6 Å². The summed E-state index contributed by atoms with van der Waals surface area (Å²) in [6.45, 7) is 0. The summed E-state index contributed by atoms with van der Waals surface area (Å²) >= 11 is 0. The second-order valence-electron chi connectivity index (χ2n) is 3.77. The Morgan fingerprint density at radius 2 is 1.94 bits per heavy atom. The zero-order valence-electron chi connectivity index (χ0n) is 9.61. The van der Waals surface area contributed by atoms with Crippen molar-refractivity contribution >= 4 is 16.4 Å². The first kappa shape index (κ1) is 13.0. The lowest BCUT2D eigenvalue weighted by Crippen LogP contribution is -2.33. The molecule has 2 rings (SSSR count). The Hall–Kier alpha value is -1.44. The number of hydrogen-bond acceptors (Lipinski definition) is 6. The van der Waals surface area contributed by atoms with E-state index in [0.29, 0.717) is 0 Å². The maximum absolute atomic E-state index is 11.4. The maximum Gasteiger partial charge on any atom is 0.401 e. The first-order chi connectivity index (χ1) is 8.52. The Morgan fingerprint density at radius 1 is 1.28 bits per heavy atom. The van der Waals surface area contributed by atoms with Gasteiger partial charge in [0.2, 0.25) is 6.10 Å². The van der Waals surface area contributed by atoms with Crippen LogP contribution in [0.4, 0.5) is 0 Å². The predicted molar refractivity (Wildman–Crippen MR) is 60.8 cm³/mol. The molecule has 1 saturated heterocycles. The molecular formula is C11H12O6S. The molecule has 0 aliphatic carbocycles. The van der Waals surface area contributed by atoms with Crippen LogP contribution >= 0.6 is 0 Å². The third kappa shape index (κ3) is 2.87. The van der Waals surface area contributed by atoms with Crippen molar-refractivity contribution in [1.82, 2.24) is 0 Å². The minimum Gasteiger partial charge on any atom is -0.467 e. The van der Waals surface area contributed by atoms with Crippen LogP contribution in [0, 0.1) is 0 Å². The summed E-state index contributed by atoms with van der Waals surface area (Å²) in [5.74, 6) is -0.767. The Balaban J connectivity index is 2.17. The van der Waals surface area contributed by atoms with Gasteiger partial charge in [-0.1, -0.05) is 30.3 Å². The van der Waals surface area contributed by atoms with Gasteiger partial charge in [-0.25, -0.2) is 13.2 Å². The van der Waals surface area contributed by atoms with Gasteiger partial charge in [-0.3, -0.25) is 0 Å². The molecule has 7 heteroatoms. The fourth-order valence-corrected chi connectivity index (χ4v) is 2.68. The van der Waals surface area contributed by atoms with E-state index in [0.717, 1.165) is 12.7 Å². The molecule has 0 radical (unpaired) electrons. The third-order valence-electron chi connectivity index (χ3n) is 2.51. The van der Waals surface area contributed by atoms with Crippen LogP contribution in [0.3, 0.4) is 0 Å². The molecule has 2 atom stereocenters. The van der Waals surface area contributed by atoms with E-state index in [1.54, 1.807) is 0 Å². The minimum atomic E-state index is -4.12. The van der Waals surface area contributed by atoms with Gasteiger partial charge in [-0.2, -0.15) is 8.42 Å². The van der Waals surface area contributed by atoms with Crippen molar-refractivity contribution in [1.29, 1.82) is 0 Å². The van der Waals surface area contributed by atoms with Gasteiger partial charge in [0.25, 0.3) is 0 Å². The number of rotatable bonds is 3. The predicted octanol–water partition coefficient (Wildman–Crippen LogP) is 0.431. The summed E-state index contributed by atoms with van der Waals surface area (Å²) < 4.78 is 36.2. The molecule has 0 aromatic heterocycles. The largest absolute Gasteiger partial charge is 0.467 e. The van der Waals surface area contributed by atoms with Gasteiger partial charge in [0.1, 0.15) is 6.10 Å². The summed E-state index contributed by atoms with van der Waals surface area (Å²) in [6, 6.07) is 9.08. The van der Waals surface area contributed by atoms with E-state index in [4.69, 9.17) is 4.18 Å². The van der Waals surface area contributed by atoms with Crippen molar-refractivity contribution in [2.75, 3.05) is 7.11 Å². The van der Waals surface area contributed by atoms with E-state index in [1.165, 1.54) is 0 Å². The van der Waals surface area contributed by atoms with Crippen LogP contribution in [0.2, 0.25) is 0 Å². The first-order valence-electron chi connectivity index (χ1n) is 5.25. The normalized spacial score (nSPS) is 25.8. The number of ether oxygens (including phenoxy) is 1. The number of benzene rings is 1. The quantitative estimate of drug-likeness (QED) is 0.742. The molecular weight excluding hydrogens is 260 g/mol. The van der Waals surface area contributed by atoms with E-state index in [9.17, 15) is 13.2 Å². The standard InChI is InChI=1S/C11H12O6S/c1-15-11(12)10-9(16-18(13,14)17-10)7-8-5-3-2-4-6-8/h2-6,9-10H,7H2,1H3. The number of carbonyl (C=O) groups is 1. The van der Waals surface area contributed by atoms with Crippen LogP contribution in [0.1, 0.15) is 5.56 Å².